The summed E-state index contributed by atoms with van der Waals surface area (Å²) in [7, 11) is 0. The molecule has 0 N–H and O–H groups in total. The fourth-order valence-corrected chi connectivity index (χ4v) is 10.4. The van der Waals surface area contributed by atoms with Crippen LogP contribution in [0.25, 0.3) is 60.5 Å². The number of benzene rings is 10. The van der Waals surface area contributed by atoms with Gasteiger partial charge in [0.05, 0.1) is 22.1 Å². The van der Waals surface area contributed by atoms with Gasteiger partial charge in [-0.2, -0.15) is 0 Å². The van der Waals surface area contributed by atoms with Crippen LogP contribution in [0.15, 0.2) is 243 Å². The zero-order valence-corrected chi connectivity index (χ0v) is 33.5. The monoisotopic (exact) mass is 776 g/mol. The number of rotatable bonds is 7. The summed E-state index contributed by atoms with van der Waals surface area (Å²) in [4.78, 5) is 2.35. The Labute approximate surface area is 355 Å². The summed E-state index contributed by atoms with van der Waals surface area (Å²) in [5.74, 6) is 0. The molecule has 61 heavy (non-hydrogen) atoms. The van der Waals surface area contributed by atoms with Crippen molar-refractivity contribution < 1.29 is 0 Å². The van der Waals surface area contributed by atoms with E-state index >= 15 is 0 Å². The molecule has 0 saturated carbocycles. The fourth-order valence-electron chi connectivity index (χ4n) is 10.4. The number of aromatic nitrogens is 1. The summed E-state index contributed by atoms with van der Waals surface area (Å²) in [5, 5.41) is 4.88. The molecule has 0 bridgehead atoms. The highest BCUT2D eigenvalue weighted by atomic mass is 15.1. The predicted octanol–water partition coefficient (Wildman–Crippen LogP) is 15.4. The lowest BCUT2D eigenvalue weighted by molar-refractivity contribution is 0.770. The molecule has 0 saturated heterocycles. The summed E-state index contributed by atoms with van der Waals surface area (Å²) in [6.45, 7) is 0. The van der Waals surface area contributed by atoms with E-state index in [9.17, 15) is 0 Å². The molecule has 2 nitrogen and oxygen atoms in total. The Hall–Kier alpha value is -7.94. The van der Waals surface area contributed by atoms with Gasteiger partial charge in [0.1, 0.15) is 0 Å². The van der Waals surface area contributed by atoms with Crippen LogP contribution in [0.4, 0.5) is 17.1 Å². The molecule has 286 valence electrons. The van der Waals surface area contributed by atoms with Crippen LogP contribution in [0.5, 0.6) is 0 Å². The van der Waals surface area contributed by atoms with Crippen LogP contribution in [0, 0.1) is 0 Å². The van der Waals surface area contributed by atoms with Crippen molar-refractivity contribution in [2.45, 2.75) is 5.41 Å². The van der Waals surface area contributed by atoms with Crippen molar-refractivity contribution in [3.8, 4) is 27.9 Å². The van der Waals surface area contributed by atoms with E-state index in [-0.39, 0.29) is 0 Å². The van der Waals surface area contributed by atoms with E-state index in [1.165, 1.54) is 71.6 Å². The first-order chi connectivity index (χ1) is 30.3. The molecule has 12 rings (SSSR count). The van der Waals surface area contributed by atoms with Crippen molar-refractivity contribution in [2.24, 2.45) is 0 Å². The van der Waals surface area contributed by atoms with Crippen LogP contribution in [-0.2, 0) is 5.41 Å². The van der Waals surface area contributed by atoms with Gasteiger partial charge < -0.3 is 9.47 Å². The largest absolute Gasteiger partial charge is 0.310 e. The minimum atomic E-state index is -0.516. The highest BCUT2D eigenvalue weighted by Gasteiger charge is 2.47. The average Bonchev–Trinajstić information content (AvgIpc) is 3.83. The van der Waals surface area contributed by atoms with Crippen molar-refractivity contribution in [2.75, 3.05) is 4.90 Å². The smallest absolute Gasteiger partial charge is 0.0719 e. The highest BCUT2D eigenvalue weighted by molar-refractivity contribution is 6.13. The summed E-state index contributed by atoms with van der Waals surface area (Å²) in [6.07, 6.45) is 0. The van der Waals surface area contributed by atoms with Gasteiger partial charge in [-0.25, -0.2) is 0 Å². The van der Waals surface area contributed by atoms with E-state index in [4.69, 9.17) is 0 Å². The zero-order valence-electron chi connectivity index (χ0n) is 33.5. The van der Waals surface area contributed by atoms with Crippen LogP contribution < -0.4 is 4.90 Å². The molecular formula is C59H40N2. The number of hydrogen-bond acceptors (Lipinski definition) is 1. The van der Waals surface area contributed by atoms with Crippen molar-refractivity contribution in [1.29, 1.82) is 0 Å². The van der Waals surface area contributed by atoms with Gasteiger partial charge in [0, 0.05) is 33.2 Å². The topological polar surface area (TPSA) is 8.17 Å². The van der Waals surface area contributed by atoms with E-state index in [0.29, 0.717) is 0 Å². The normalized spacial score (nSPS) is 12.7. The van der Waals surface area contributed by atoms with Crippen LogP contribution in [-0.4, -0.2) is 4.57 Å². The maximum Gasteiger partial charge on any atom is 0.0719 e. The van der Waals surface area contributed by atoms with Crippen LogP contribution in [0.3, 0.4) is 0 Å². The van der Waals surface area contributed by atoms with Gasteiger partial charge in [0.15, 0.2) is 0 Å². The second-order valence-electron chi connectivity index (χ2n) is 16.0. The Bertz CT molecular complexity index is 3330. The zero-order chi connectivity index (χ0) is 40.3. The first kappa shape index (κ1) is 35.0. The third-order valence-electron chi connectivity index (χ3n) is 12.9. The van der Waals surface area contributed by atoms with Crippen LogP contribution in [0.1, 0.15) is 22.3 Å². The molecule has 10 aromatic carbocycles. The minimum absolute atomic E-state index is 0.516. The van der Waals surface area contributed by atoms with Gasteiger partial charge in [-0.05, 0) is 98.4 Å². The number of hydrogen-bond donors (Lipinski definition) is 0. The average molecular weight is 777 g/mol. The van der Waals surface area contributed by atoms with E-state index in [2.05, 4.69) is 252 Å². The number of para-hydroxylation sites is 3. The maximum atomic E-state index is 2.48. The van der Waals surface area contributed by atoms with Gasteiger partial charge in [-0.3, -0.25) is 0 Å². The van der Waals surface area contributed by atoms with Crippen LogP contribution in [0.2, 0.25) is 0 Å². The number of fused-ring (bicyclic) bond motifs is 7. The summed E-state index contributed by atoms with van der Waals surface area (Å²) in [5.41, 5.74) is 16.5. The van der Waals surface area contributed by atoms with Gasteiger partial charge in [-0.1, -0.05) is 194 Å². The lowest BCUT2D eigenvalue weighted by Crippen LogP contribution is -2.29. The third-order valence-corrected chi connectivity index (χ3v) is 12.9. The van der Waals surface area contributed by atoms with E-state index in [0.717, 1.165) is 28.3 Å². The van der Waals surface area contributed by atoms with Gasteiger partial charge in [0.25, 0.3) is 0 Å². The molecule has 1 heterocycles. The quantitative estimate of drug-likeness (QED) is 0.156. The third kappa shape index (κ3) is 5.29. The Morgan fingerprint density at radius 2 is 0.820 bits per heavy atom. The molecule has 0 fully saturated rings. The molecule has 1 aliphatic rings. The van der Waals surface area contributed by atoms with Crippen molar-refractivity contribution >= 4 is 49.6 Å². The standard InChI is InChI=1S/C59H40N2/c1-5-20-41(21-6-1)59(42-22-7-2-8-23-42)54-34-17-15-29-48(54)53-33-19-32-52(58(53)59)47-38-39-56(49-30-14-13-28-46(47)49)61-55-35-18-16-31-50(55)51-37-36-45(40-57(51)61)60(43-24-9-3-10-25-43)44-26-11-4-12-27-44/h1-40H. The maximum absolute atomic E-state index is 2.48. The summed E-state index contributed by atoms with van der Waals surface area (Å²) in [6, 6.07) is 89.0. The predicted molar refractivity (Wildman–Crippen MR) is 256 cm³/mol. The van der Waals surface area contributed by atoms with E-state index in [1.807, 2.05) is 0 Å². The molecule has 0 unspecified atom stereocenters. The van der Waals surface area contributed by atoms with E-state index < -0.39 is 5.41 Å². The van der Waals surface area contributed by atoms with E-state index in [1.54, 1.807) is 0 Å². The second-order valence-corrected chi connectivity index (χ2v) is 16.0. The molecule has 0 atom stereocenters. The molecule has 0 amide bonds. The lowest BCUT2D eigenvalue weighted by Gasteiger charge is -2.35. The molecule has 11 aromatic rings. The van der Waals surface area contributed by atoms with Crippen molar-refractivity contribution in [3.05, 3.63) is 265 Å². The first-order valence-electron chi connectivity index (χ1n) is 21.1. The van der Waals surface area contributed by atoms with Crippen molar-refractivity contribution in [1.82, 2.24) is 4.57 Å². The minimum Gasteiger partial charge on any atom is -0.310 e. The molecule has 2 heteroatoms. The Morgan fingerprint density at radius 1 is 0.311 bits per heavy atom. The second kappa shape index (κ2) is 14.1. The molecule has 0 aliphatic heterocycles. The molecule has 0 spiro atoms. The number of nitrogens with zero attached hydrogens (tertiary/aromatic N) is 2. The summed E-state index contributed by atoms with van der Waals surface area (Å²) >= 11 is 0. The molecule has 1 aromatic heterocycles. The van der Waals surface area contributed by atoms with Gasteiger partial charge in [0.2, 0.25) is 0 Å². The van der Waals surface area contributed by atoms with Gasteiger partial charge in [-0.15, -0.1) is 0 Å². The Morgan fingerprint density at radius 3 is 1.49 bits per heavy atom. The Balaban J connectivity index is 1.12. The number of anilines is 3. The lowest BCUT2D eigenvalue weighted by atomic mass is 9.66. The Kier molecular flexibility index (Phi) is 8.11. The molecule has 0 radical (unpaired) electrons. The SMILES string of the molecule is c1ccc(N(c2ccccc2)c2ccc3c4ccccc4n(-c4ccc(-c5cccc6c5C(c5ccccc5)(c5ccccc5)c5ccccc5-6)c5ccccc45)c3c2)cc1. The molecular weight excluding hydrogens is 737 g/mol. The van der Waals surface area contributed by atoms with Crippen molar-refractivity contribution in [3.63, 3.8) is 0 Å². The fraction of sp³-hybridized carbons (Fsp3) is 0.0169. The molecule has 1 aliphatic carbocycles. The van der Waals surface area contributed by atoms with Gasteiger partial charge >= 0.3 is 0 Å². The van der Waals surface area contributed by atoms with Crippen LogP contribution >= 0.6 is 0 Å². The summed E-state index contributed by atoms with van der Waals surface area (Å²) < 4.78 is 2.48. The highest BCUT2D eigenvalue weighted by Crippen LogP contribution is 2.59. The first-order valence-corrected chi connectivity index (χ1v) is 21.1.